The molecule has 0 saturated heterocycles. The average molecular weight is 440 g/mol. The fourth-order valence-corrected chi connectivity index (χ4v) is 2.95. The summed E-state index contributed by atoms with van der Waals surface area (Å²) in [5.74, 6) is 1.88. The molecule has 0 aliphatic rings. The van der Waals surface area contributed by atoms with Gasteiger partial charge in [0.2, 0.25) is 0 Å². The first-order valence-corrected chi connectivity index (χ1v) is 10.1. The number of hydrogen-bond donors (Lipinski definition) is 3. The third kappa shape index (κ3) is 6.99. The van der Waals surface area contributed by atoms with E-state index < -0.39 is 0 Å². The van der Waals surface area contributed by atoms with E-state index in [9.17, 15) is 0 Å². The molecule has 0 aliphatic heterocycles. The summed E-state index contributed by atoms with van der Waals surface area (Å²) in [5, 5.41) is 16.6. The Morgan fingerprint density at radius 1 is 1.14 bits per heavy atom. The first kappa shape index (κ1) is 23.1. The molecule has 0 aromatic heterocycles. The minimum Gasteiger partial charge on any atom is -0.493 e. The van der Waals surface area contributed by atoms with Gasteiger partial charge in [0.05, 0.1) is 36.3 Å². The van der Waals surface area contributed by atoms with E-state index in [-0.39, 0.29) is 19.3 Å². The zero-order valence-corrected chi connectivity index (χ0v) is 18.3. The van der Waals surface area contributed by atoms with Crippen molar-refractivity contribution in [3.8, 4) is 11.5 Å². The molecule has 0 spiro atoms. The molecule has 0 amide bonds. The van der Waals surface area contributed by atoms with Crippen LogP contribution >= 0.6 is 23.2 Å². The topological polar surface area (TPSA) is 75.1 Å². The molecule has 2 aromatic rings. The van der Waals surface area contributed by atoms with E-state index in [4.69, 9.17) is 37.8 Å². The summed E-state index contributed by atoms with van der Waals surface area (Å²) in [7, 11) is 1.58. The second-order valence-electron chi connectivity index (χ2n) is 6.29. The maximum absolute atomic E-state index is 8.91. The largest absolute Gasteiger partial charge is 0.493 e. The van der Waals surface area contributed by atoms with Crippen LogP contribution in [0.2, 0.25) is 10.0 Å². The van der Waals surface area contributed by atoms with Crippen molar-refractivity contribution in [2.45, 2.75) is 26.4 Å². The Bertz CT molecular complexity index is 831. The van der Waals surface area contributed by atoms with Gasteiger partial charge in [-0.1, -0.05) is 35.3 Å². The number of aliphatic hydroxyl groups is 1. The molecule has 0 heterocycles. The molecule has 0 bridgehead atoms. The van der Waals surface area contributed by atoms with Gasteiger partial charge in [0.15, 0.2) is 17.5 Å². The fraction of sp³-hybridized carbons (Fsp3) is 0.381. The van der Waals surface area contributed by atoms with Gasteiger partial charge in [0.25, 0.3) is 0 Å². The maximum Gasteiger partial charge on any atom is 0.192 e. The van der Waals surface area contributed by atoms with Crippen molar-refractivity contribution in [3.63, 3.8) is 0 Å². The fourth-order valence-electron chi connectivity index (χ4n) is 2.65. The molecule has 2 rings (SSSR count). The maximum atomic E-state index is 8.91. The number of nitrogens with one attached hydrogen (secondary N) is 2. The molecule has 0 saturated carbocycles. The Hall–Kier alpha value is -2.15. The number of rotatable bonds is 9. The number of aliphatic hydroxyl groups excluding tert-OH is 1. The van der Waals surface area contributed by atoms with Crippen molar-refractivity contribution in [2.75, 3.05) is 26.9 Å². The van der Waals surface area contributed by atoms with Crippen LogP contribution in [0.3, 0.4) is 0 Å². The lowest BCUT2D eigenvalue weighted by Gasteiger charge is -2.19. The third-order valence-corrected chi connectivity index (χ3v) is 4.88. The van der Waals surface area contributed by atoms with Gasteiger partial charge in [-0.3, -0.25) is 0 Å². The van der Waals surface area contributed by atoms with E-state index in [0.717, 1.165) is 17.7 Å². The highest BCUT2D eigenvalue weighted by Gasteiger charge is 2.10. The summed E-state index contributed by atoms with van der Waals surface area (Å²) < 4.78 is 10.8. The number of halogens is 2. The molecule has 2 aromatic carbocycles. The summed E-state index contributed by atoms with van der Waals surface area (Å²) in [6, 6.07) is 11.2. The quantitative estimate of drug-likeness (QED) is 0.403. The molecule has 1 atom stereocenters. The number of guanidine groups is 1. The van der Waals surface area contributed by atoms with E-state index in [1.807, 2.05) is 44.2 Å². The van der Waals surface area contributed by atoms with Gasteiger partial charge in [0, 0.05) is 6.54 Å². The molecule has 0 aliphatic carbocycles. The Balaban J connectivity index is 2.10. The number of ether oxygens (including phenoxy) is 2. The Morgan fingerprint density at radius 3 is 2.59 bits per heavy atom. The van der Waals surface area contributed by atoms with Gasteiger partial charge >= 0.3 is 0 Å². The third-order valence-electron chi connectivity index (χ3n) is 4.14. The number of methoxy groups -OCH3 is 1. The second kappa shape index (κ2) is 11.8. The molecule has 8 heteroatoms. The average Bonchev–Trinajstić information content (AvgIpc) is 2.72. The van der Waals surface area contributed by atoms with Gasteiger partial charge < -0.3 is 25.2 Å². The van der Waals surface area contributed by atoms with Crippen LogP contribution in [0.25, 0.3) is 0 Å². The Labute approximate surface area is 181 Å². The molecule has 0 fully saturated rings. The lowest BCUT2D eigenvalue weighted by atomic mass is 10.1. The minimum absolute atomic E-state index is 0.00800. The van der Waals surface area contributed by atoms with Crippen molar-refractivity contribution in [1.82, 2.24) is 10.6 Å². The van der Waals surface area contributed by atoms with Crippen LogP contribution in [-0.4, -0.2) is 37.9 Å². The van der Waals surface area contributed by atoms with E-state index in [1.54, 1.807) is 13.2 Å². The molecule has 158 valence electrons. The smallest absolute Gasteiger partial charge is 0.192 e. The molecule has 0 radical (unpaired) electrons. The molecule has 3 N–H and O–H groups in total. The monoisotopic (exact) mass is 439 g/mol. The summed E-state index contributed by atoms with van der Waals surface area (Å²) in [5.41, 5.74) is 1.98. The van der Waals surface area contributed by atoms with E-state index in [2.05, 4.69) is 15.6 Å². The van der Waals surface area contributed by atoms with Crippen molar-refractivity contribution in [3.05, 3.63) is 57.6 Å². The molecule has 6 nitrogen and oxygen atoms in total. The van der Waals surface area contributed by atoms with Crippen molar-refractivity contribution in [1.29, 1.82) is 0 Å². The van der Waals surface area contributed by atoms with Crippen LogP contribution in [0.5, 0.6) is 11.5 Å². The first-order valence-electron chi connectivity index (χ1n) is 9.38. The highest BCUT2D eigenvalue weighted by Crippen LogP contribution is 2.28. The highest BCUT2D eigenvalue weighted by molar-refractivity contribution is 6.42. The van der Waals surface area contributed by atoms with Gasteiger partial charge in [0.1, 0.15) is 6.61 Å². The zero-order chi connectivity index (χ0) is 21.2. The van der Waals surface area contributed by atoms with E-state index >= 15 is 0 Å². The number of aliphatic imine (C=N–C) groups is 1. The van der Waals surface area contributed by atoms with Crippen LogP contribution in [0.1, 0.15) is 31.0 Å². The second-order valence-corrected chi connectivity index (χ2v) is 7.11. The van der Waals surface area contributed by atoms with Crippen LogP contribution in [0.4, 0.5) is 0 Å². The number of benzene rings is 2. The number of hydrogen-bond acceptors (Lipinski definition) is 4. The lowest BCUT2D eigenvalue weighted by molar-refractivity contribution is 0.196. The molecular weight excluding hydrogens is 413 g/mol. The van der Waals surface area contributed by atoms with Crippen LogP contribution in [0.15, 0.2) is 41.4 Å². The molecule has 1 unspecified atom stereocenters. The summed E-state index contributed by atoms with van der Waals surface area (Å²) in [6.07, 6.45) is 0. The predicted octanol–water partition coefficient (Wildman–Crippen LogP) is 4.19. The Morgan fingerprint density at radius 2 is 1.93 bits per heavy atom. The summed E-state index contributed by atoms with van der Waals surface area (Å²) in [6.45, 7) is 5.40. The summed E-state index contributed by atoms with van der Waals surface area (Å²) >= 11 is 12.1. The van der Waals surface area contributed by atoms with Crippen molar-refractivity contribution < 1.29 is 14.6 Å². The van der Waals surface area contributed by atoms with Crippen LogP contribution < -0.4 is 20.1 Å². The molecule has 29 heavy (non-hydrogen) atoms. The SMILES string of the molecule is CCNC(=NCc1ccc(OCCO)c(OC)c1)NC(C)c1ccc(Cl)c(Cl)c1. The number of nitrogens with zero attached hydrogens (tertiary/aromatic N) is 1. The minimum atomic E-state index is -0.0517. The Kier molecular flexibility index (Phi) is 9.38. The van der Waals surface area contributed by atoms with Gasteiger partial charge in [-0.2, -0.15) is 0 Å². The van der Waals surface area contributed by atoms with Gasteiger partial charge in [-0.05, 0) is 49.2 Å². The van der Waals surface area contributed by atoms with Gasteiger partial charge in [-0.25, -0.2) is 4.99 Å². The standard InChI is InChI=1S/C21H27Cl2N3O3/c1-4-24-21(26-14(2)16-6-7-17(22)18(23)12-16)25-13-15-5-8-19(29-10-9-27)20(11-15)28-3/h5-8,11-12,14,27H,4,9-10,13H2,1-3H3,(H2,24,25,26). The van der Waals surface area contributed by atoms with E-state index in [1.165, 1.54) is 0 Å². The van der Waals surface area contributed by atoms with Crippen molar-refractivity contribution in [2.24, 2.45) is 4.99 Å². The first-order chi connectivity index (χ1) is 14.0. The normalized spacial score (nSPS) is 12.4. The lowest BCUT2D eigenvalue weighted by Crippen LogP contribution is -2.38. The summed E-state index contributed by atoms with van der Waals surface area (Å²) in [4.78, 5) is 4.66. The highest BCUT2D eigenvalue weighted by atomic mass is 35.5. The van der Waals surface area contributed by atoms with Crippen LogP contribution in [-0.2, 0) is 6.54 Å². The van der Waals surface area contributed by atoms with Gasteiger partial charge in [-0.15, -0.1) is 0 Å². The predicted molar refractivity (Wildman–Crippen MR) is 118 cm³/mol. The van der Waals surface area contributed by atoms with Crippen molar-refractivity contribution >= 4 is 29.2 Å². The van der Waals surface area contributed by atoms with E-state index in [0.29, 0.717) is 34.0 Å². The van der Waals surface area contributed by atoms with Crippen LogP contribution in [0, 0.1) is 0 Å². The molecular formula is C21H27Cl2N3O3. The zero-order valence-electron chi connectivity index (χ0n) is 16.8.